The molecule has 0 saturated carbocycles. The first kappa shape index (κ1) is 28.5. The van der Waals surface area contributed by atoms with Crippen molar-refractivity contribution in [1.29, 1.82) is 0 Å². The van der Waals surface area contributed by atoms with Gasteiger partial charge in [0.05, 0.1) is 33.3 Å². The van der Waals surface area contributed by atoms with Crippen LogP contribution in [-0.4, -0.2) is 48.3 Å². The lowest BCUT2D eigenvalue weighted by Gasteiger charge is -2.25. The third-order valence-corrected chi connectivity index (χ3v) is 6.67. The van der Waals surface area contributed by atoms with Crippen LogP contribution in [-0.2, 0) is 14.9 Å². The summed E-state index contributed by atoms with van der Waals surface area (Å²) in [6.07, 6.45) is -2.41. The number of sulfonamides is 1. The number of anilines is 1. The van der Waals surface area contributed by atoms with Crippen molar-refractivity contribution in [3.63, 3.8) is 0 Å². The van der Waals surface area contributed by atoms with E-state index in [4.69, 9.17) is 18.9 Å². The van der Waals surface area contributed by atoms with E-state index in [1.807, 2.05) is 0 Å². The summed E-state index contributed by atoms with van der Waals surface area (Å²) in [4.78, 5) is 3.39. The van der Waals surface area contributed by atoms with Gasteiger partial charge < -0.3 is 24.1 Å². The number of methoxy groups -OCH3 is 4. The molecule has 3 aromatic rings. The minimum atomic E-state index is -5.41. The molecule has 0 aliphatic rings. The summed E-state index contributed by atoms with van der Waals surface area (Å²) in [5.41, 5.74) is -0.106. The minimum absolute atomic E-state index is 0.169. The summed E-state index contributed by atoms with van der Waals surface area (Å²) >= 11 is 0. The molecule has 3 aromatic carbocycles. The van der Waals surface area contributed by atoms with Crippen LogP contribution < -0.4 is 23.4 Å². The number of rotatable bonds is 10. The summed E-state index contributed by atoms with van der Waals surface area (Å²) in [6, 6.07) is 11.9. The lowest BCUT2D eigenvalue weighted by atomic mass is 10.1. The minimum Gasteiger partial charge on any atom is -0.503 e. The molecule has 0 bridgehead atoms. The predicted molar refractivity (Wildman–Crippen MR) is 133 cm³/mol. The van der Waals surface area contributed by atoms with Gasteiger partial charge in [-0.1, -0.05) is 30.4 Å². The molecule has 13 heteroatoms. The van der Waals surface area contributed by atoms with Gasteiger partial charge in [-0.15, -0.1) is 17.6 Å². The highest BCUT2D eigenvalue weighted by atomic mass is 32.2. The molecule has 0 heterocycles. The molecule has 0 unspecified atom stereocenters. The maximum atomic E-state index is 13.3. The van der Waals surface area contributed by atoms with Crippen LogP contribution in [0.25, 0.3) is 12.2 Å². The monoisotopic (exact) mass is 555 g/mol. The molecule has 0 fully saturated rings. The van der Waals surface area contributed by atoms with Gasteiger partial charge in [0.15, 0.2) is 23.0 Å². The van der Waals surface area contributed by atoms with Gasteiger partial charge in [0.1, 0.15) is 5.69 Å². The van der Waals surface area contributed by atoms with Gasteiger partial charge in [-0.05, 0) is 47.5 Å². The van der Waals surface area contributed by atoms with E-state index in [0.29, 0.717) is 22.8 Å². The molecule has 0 radical (unpaired) electrons. The number of aromatic hydroxyl groups is 1. The van der Waals surface area contributed by atoms with Crippen molar-refractivity contribution in [2.45, 2.75) is 11.3 Å². The maximum Gasteiger partial charge on any atom is 0.544 e. The Kier molecular flexibility index (Phi) is 8.63. The fourth-order valence-electron chi connectivity index (χ4n) is 3.40. The Hall–Kier alpha value is -4.10. The smallest absolute Gasteiger partial charge is 0.503 e. The quantitative estimate of drug-likeness (QED) is 0.268. The first-order valence-corrected chi connectivity index (χ1v) is 12.1. The lowest BCUT2D eigenvalue weighted by molar-refractivity contribution is -0.322. The normalized spacial score (nSPS) is 11.9. The fraction of sp³-hybridized carbons (Fsp3) is 0.200. The Bertz CT molecular complexity index is 1390. The van der Waals surface area contributed by atoms with Crippen LogP contribution in [0.15, 0.2) is 59.5 Å². The van der Waals surface area contributed by atoms with Crippen molar-refractivity contribution in [2.75, 3.05) is 32.9 Å². The van der Waals surface area contributed by atoms with Gasteiger partial charge >= 0.3 is 6.36 Å². The van der Waals surface area contributed by atoms with Gasteiger partial charge in [0.25, 0.3) is 10.0 Å². The standard InChI is InChI=1S/C25H24F3NO8S/c1-33-20-13-16(10-11-17-14-21(34-2)24(36-4)22(15-17)35-3)12-19(23(20)30)29(37-25(26,27)28)38(31,32)18-8-6-5-7-9-18/h5-15,30H,1-4H3/b11-10-. The zero-order valence-corrected chi connectivity index (χ0v) is 21.5. The average molecular weight is 556 g/mol. The molecule has 0 saturated heterocycles. The number of hydrogen-bond donors (Lipinski definition) is 1. The Morgan fingerprint density at radius 3 is 1.76 bits per heavy atom. The summed E-state index contributed by atoms with van der Waals surface area (Å²) in [5.74, 6) is -0.123. The molecule has 9 nitrogen and oxygen atoms in total. The molecule has 1 N–H and O–H groups in total. The van der Waals surface area contributed by atoms with Crippen molar-refractivity contribution in [3.8, 4) is 28.7 Å². The molecular formula is C25H24F3NO8S. The Balaban J connectivity index is 2.16. The van der Waals surface area contributed by atoms with Crippen molar-refractivity contribution in [2.24, 2.45) is 0 Å². The van der Waals surface area contributed by atoms with Crippen LogP contribution >= 0.6 is 0 Å². The topological polar surface area (TPSA) is 104 Å². The first-order chi connectivity index (χ1) is 17.9. The number of alkyl halides is 3. The molecule has 0 aliphatic heterocycles. The van der Waals surface area contributed by atoms with Gasteiger partial charge in [0, 0.05) is 0 Å². The zero-order valence-electron chi connectivity index (χ0n) is 20.6. The second-order valence-corrected chi connectivity index (χ2v) is 9.22. The third-order valence-electron chi connectivity index (χ3n) is 5.09. The Morgan fingerprint density at radius 2 is 1.29 bits per heavy atom. The van der Waals surface area contributed by atoms with Crippen LogP contribution in [0, 0.1) is 0 Å². The highest BCUT2D eigenvalue weighted by molar-refractivity contribution is 7.92. The number of phenols is 1. The van der Waals surface area contributed by atoms with Crippen LogP contribution in [0.2, 0.25) is 0 Å². The first-order valence-electron chi connectivity index (χ1n) is 10.7. The number of benzene rings is 3. The zero-order chi connectivity index (χ0) is 28.1. The van der Waals surface area contributed by atoms with Gasteiger partial charge in [-0.2, -0.15) is 13.3 Å². The molecule has 0 atom stereocenters. The van der Waals surface area contributed by atoms with E-state index < -0.39 is 37.2 Å². The van der Waals surface area contributed by atoms with E-state index in [1.165, 1.54) is 51.7 Å². The van der Waals surface area contributed by atoms with E-state index >= 15 is 0 Å². The molecule has 0 spiro atoms. The average Bonchev–Trinajstić information content (AvgIpc) is 2.90. The summed E-state index contributed by atoms with van der Waals surface area (Å²) < 4.78 is 86.9. The number of halogens is 3. The fourth-order valence-corrected chi connectivity index (χ4v) is 4.68. The van der Waals surface area contributed by atoms with Crippen LogP contribution in [0.4, 0.5) is 18.9 Å². The SMILES string of the molecule is COc1cc(/C=C\c2cc(OC)c(OC)c(OC)c2)cc(N(OC(F)(F)F)S(=O)(=O)c2ccccc2)c1O. The number of hydrogen-bond acceptors (Lipinski definition) is 8. The lowest BCUT2D eigenvalue weighted by Crippen LogP contribution is -2.37. The second kappa shape index (κ2) is 11.5. The second-order valence-electron chi connectivity index (χ2n) is 7.47. The molecule has 3 rings (SSSR count). The molecular weight excluding hydrogens is 531 g/mol. The highest BCUT2D eigenvalue weighted by Crippen LogP contribution is 2.43. The maximum absolute atomic E-state index is 13.3. The van der Waals surface area contributed by atoms with E-state index in [2.05, 4.69) is 4.84 Å². The number of ether oxygens (including phenoxy) is 4. The van der Waals surface area contributed by atoms with Crippen LogP contribution in [0.1, 0.15) is 11.1 Å². The van der Waals surface area contributed by atoms with E-state index in [9.17, 15) is 26.7 Å². The molecule has 204 valence electrons. The van der Waals surface area contributed by atoms with E-state index in [-0.39, 0.29) is 11.3 Å². The summed E-state index contributed by atoms with van der Waals surface area (Å²) in [6.45, 7) is 0. The van der Waals surface area contributed by atoms with Crippen molar-refractivity contribution >= 4 is 27.9 Å². The predicted octanol–water partition coefficient (Wildman–Crippen LogP) is 5.24. The molecule has 0 aliphatic carbocycles. The summed E-state index contributed by atoms with van der Waals surface area (Å²) in [7, 11) is 0.532. The summed E-state index contributed by atoms with van der Waals surface area (Å²) in [5, 5.41) is 10.6. The highest BCUT2D eigenvalue weighted by Gasteiger charge is 2.41. The Morgan fingerprint density at radius 1 is 0.789 bits per heavy atom. The largest absolute Gasteiger partial charge is 0.544 e. The van der Waals surface area contributed by atoms with Crippen molar-refractivity contribution in [1.82, 2.24) is 0 Å². The van der Waals surface area contributed by atoms with Crippen LogP contribution in [0.3, 0.4) is 0 Å². The van der Waals surface area contributed by atoms with Gasteiger partial charge in [0.2, 0.25) is 5.75 Å². The number of nitrogens with zero attached hydrogens (tertiary/aromatic N) is 1. The van der Waals surface area contributed by atoms with Gasteiger partial charge in [-0.3, -0.25) is 0 Å². The van der Waals surface area contributed by atoms with Crippen LogP contribution in [0.5, 0.6) is 28.7 Å². The van der Waals surface area contributed by atoms with Crippen molar-refractivity contribution < 1.29 is 50.5 Å². The molecule has 0 amide bonds. The van der Waals surface area contributed by atoms with E-state index in [0.717, 1.165) is 25.3 Å². The van der Waals surface area contributed by atoms with Gasteiger partial charge in [-0.25, -0.2) is 0 Å². The molecule has 0 aromatic heterocycles. The number of phenolic OH excluding ortho intramolecular Hbond substituents is 1. The van der Waals surface area contributed by atoms with Crippen molar-refractivity contribution in [3.05, 3.63) is 65.7 Å². The van der Waals surface area contributed by atoms with E-state index in [1.54, 1.807) is 18.2 Å². The molecule has 38 heavy (non-hydrogen) atoms. The Labute approximate surface area is 217 Å². The third kappa shape index (κ3) is 6.23.